The van der Waals surface area contributed by atoms with Gasteiger partial charge in [-0.05, 0) is 59.7 Å². The van der Waals surface area contributed by atoms with Crippen molar-refractivity contribution < 1.29 is 0 Å². The number of nitrogens with zero attached hydrogens (tertiary/aromatic N) is 6. The molecule has 0 aliphatic carbocycles. The van der Waals surface area contributed by atoms with E-state index in [2.05, 4.69) is 43.5 Å². The fourth-order valence-electron chi connectivity index (χ4n) is 5.17. The first kappa shape index (κ1) is 16.8. The highest BCUT2D eigenvalue weighted by Gasteiger charge is 2.24. The number of benzene rings is 4. The van der Waals surface area contributed by atoms with Crippen LogP contribution >= 0.6 is 0 Å². The van der Waals surface area contributed by atoms with Crippen molar-refractivity contribution in [3.63, 3.8) is 0 Å². The summed E-state index contributed by atoms with van der Waals surface area (Å²) in [6.45, 7) is 0. The number of hydrogen-bond donors (Lipinski definition) is 0. The quantitative estimate of drug-likeness (QED) is 0.342. The molecule has 6 heteroatoms. The van der Waals surface area contributed by atoms with E-state index in [0.717, 1.165) is 61.3 Å². The van der Waals surface area contributed by atoms with Gasteiger partial charge in [0, 0.05) is 0 Å². The molecule has 0 N–H and O–H groups in total. The lowest BCUT2D eigenvalue weighted by Gasteiger charge is -2.05. The molecule has 152 valence electrons. The molecule has 0 unspecified atom stereocenters. The SMILES string of the molecule is N#Cc1ccc(-c2cc3c4c(c2)n2c5ccccc5nc2n4c2nc4ccccc4n32)cc1. The summed E-state index contributed by atoms with van der Waals surface area (Å²) in [5.41, 5.74) is 10.1. The minimum absolute atomic E-state index is 0.654. The highest BCUT2D eigenvalue weighted by Crippen LogP contribution is 2.37. The summed E-state index contributed by atoms with van der Waals surface area (Å²) in [5.74, 6) is 1.72. The van der Waals surface area contributed by atoms with Gasteiger partial charge in [0.25, 0.3) is 0 Å². The summed E-state index contributed by atoms with van der Waals surface area (Å²) in [6.07, 6.45) is 0. The Morgan fingerprint density at radius 3 is 1.67 bits per heavy atom. The predicted molar refractivity (Wildman–Crippen MR) is 129 cm³/mol. The Morgan fingerprint density at radius 2 is 1.12 bits per heavy atom. The molecule has 0 fully saturated rings. The van der Waals surface area contributed by atoms with Crippen LogP contribution < -0.4 is 0 Å². The van der Waals surface area contributed by atoms with Crippen LogP contribution in [0.1, 0.15) is 5.56 Å². The molecular formula is C27H14N6. The van der Waals surface area contributed by atoms with Gasteiger partial charge in [0.2, 0.25) is 11.6 Å². The van der Waals surface area contributed by atoms with E-state index in [0.29, 0.717) is 5.56 Å². The van der Waals surface area contributed by atoms with E-state index in [9.17, 15) is 5.26 Å². The zero-order valence-corrected chi connectivity index (χ0v) is 17.3. The second-order valence-electron chi connectivity index (χ2n) is 8.36. The summed E-state index contributed by atoms with van der Waals surface area (Å²) in [5, 5.41) is 9.21. The van der Waals surface area contributed by atoms with E-state index in [4.69, 9.17) is 9.97 Å². The molecule has 4 heterocycles. The second-order valence-corrected chi connectivity index (χ2v) is 8.36. The first-order valence-corrected chi connectivity index (χ1v) is 10.8. The van der Waals surface area contributed by atoms with Gasteiger partial charge in [-0.1, -0.05) is 36.4 Å². The third-order valence-electron chi connectivity index (χ3n) is 6.61. The Bertz CT molecular complexity index is 1960. The first-order chi connectivity index (χ1) is 16.3. The molecule has 0 atom stereocenters. The van der Waals surface area contributed by atoms with Crippen LogP contribution in [-0.2, 0) is 0 Å². The van der Waals surface area contributed by atoms with Crippen molar-refractivity contribution >= 4 is 50.2 Å². The molecule has 0 saturated carbocycles. The van der Waals surface area contributed by atoms with Crippen molar-refractivity contribution in [2.45, 2.75) is 0 Å². The Kier molecular flexibility index (Phi) is 2.88. The van der Waals surface area contributed by atoms with Crippen molar-refractivity contribution in [3.05, 3.63) is 90.5 Å². The van der Waals surface area contributed by atoms with Crippen LogP contribution in [0.25, 0.3) is 61.3 Å². The molecule has 0 radical (unpaired) electrons. The standard InChI is InChI=1S/C27H14N6/c28-15-16-9-11-17(12-10-16)18-13-23-25-24(14-18)32-22-8-4-2-6-20(22)30-27(32)33(25)26-29-19-5-1-3-7-21(19)31(23)26/h1-14H. The molecule has 0 spiro atoms. The van der Waals surface area contributed by atoms with Gasteiger partial charge < -0.3 is 0 Å². The van der Waals surface area contributed by atoms with Crippen molar-refractivity contribution in [1.29, 1.82) is 5.26 Å². The lowest BCUT2D eigenvalue weighted by atomic mass is 10.0. The largest absolute Gasteiger partial charge is 0.276 e. The maximum atomic E-state index is 9.21. The maximum absolute atomic E-state index is 9.21. The average molecular weight is 422 g/mol. The van der Waals surface area contributed by atoms with Crippen LogP contribution in [0.2, 0.25) is 0 Å². The first-order valence-electron chi connectivity index (χ1n) is 10.8. The summed E-state index contributed by atoms with van der Waals surface area (Å²) >= 11 is 0. The van der Waals surface area contributed by atoms with E-state index in [1.807, 2.05) is 60.7 Å². The molecule has 4 aromatic carbocycles. The third kappa shape index (κ3) is 1.97. The Balaban J connectivity index is 1.64. The number of aromatic nitrogens is 5. The summed E-state index contributed by atoms with van der Waals surface area (Å²) in [7, 11) is 0. The molecule has 6 nitrogen and oxygen atoms in total. The lowest BCUT2D eigenvalue weighted by molar-refractivity contribution is 1.15. The van der Waals surface area contributed by atoms with Gasteiger partial charge in [-0.15, -0.1) is 0 Å². The third-order valence-corrected chi connectivity index (χ3v) is 6.61. The summed E-state index contributed by atoms with van der Waals surface area (Å²) in [6, 6.07) is 30.8. The molecular weight excluding hydrogens is 408 g/mol. The van der Waals surface area contributed by atoms with E-state index < -0.39 is 0 Å². The van der Waals surface area contributed by atoms with Crippen LogP contribution in [0.15, 0.2) is 84.9 Å². The van der Waals surface area contributed by atoms with E-state index in [1.165, 1.54) is 0 Å². The average Bonchev–Trinajstić information content (AvgIpc) is 3.58. The van der Waals surface area contributed by atoms with Gasteiger partial charge in [-0.3, -0.25) is 8.80 Å². The van der Waals surface area contributed by atoms with E-state index in [-0.39, 0.29) is 0 Å². The van der Waals surface area contributed by atoms with Gasteiger partial charge >= 0.3 is 0 Å². The molecule has 0 saturated heterocycles. The number of rotatable bonds is 1. The molecule has 8 aromatic rings. The van der Waals surface area contributed by atoms with Crippen molar-refractivity contribution in [3.8, 4) is 17.2 Å². The van der Waals surface area contributed by atoms with Crippen LogP contribution in [0.4, 0.5) is 0 Å². The fraction of sp³-hybridized carbons (Fsp3) is 0. The highest BCUT2D eigenvalue weighted by atomic mass is 15.3. The normalized spacial score (nSPS) is 12.2. The molecule has 0 bridgehead atoms. The smallest absolute Gasteiger partial charge is 0.223 e. The van der Waals surface area contributed by atoms with Crippen LogP contribution in [0.5, 0.6) is 0 Å². The Hall–Kier alpha value is -4.89. The zero-order chi connectivity index (χ0) is 21.7. The van der Waals surface area contributed by atoms with Gasteiger partial charge in [0.05, 0.1) is 44.7 Å². The topological polar surface area (TPSA) is 62.8 Å². The minimum Gasteiger partial charge on any atom is -0.276 e. The molecule has 4 aromatic heterocycles. The van der Waals surface area contributed by atoms with Crippen LogP contribution in [0.3, 0.4) is 0 Å². The number of hydrogen-bond acceptors (Lipinski definition) is 3. The molecule has 0 amide bonds. The highest BCUT2D eigenvalue weighted by molar-refractivity contribution is 6.05. The van der Waals surface area contributed by atoms with Crippen LogP contribution in [-0.4, -0.2) is 23.2 Å². The molecule has 33 heavy (non-hydrogen) atoms. The second kappa shape index (κ2) is 5.67. The van der Waals surface area contributed by atoms with Crippen molar-refractivity contribution in [2.75, 3.05) is 0 Å². The van der Waals surface area contributed by atoms with E-state index >= 15 is 0 Å². The van der Waals surface area contributed by atoms with Crippen molar-refractivity contribution in [2.24, 2.45) is 0 Å². The molecule has 0 aliphatic heterocycles. The van der Waals surface area contributed by atoms with Gasteiger partial charge in [-0.2, -0.15) is 5.26 Å². The monoisotopic (exact) mass is 422 g/mol. The lowest BCUT2D eigenvalue weighted by Crippen LogP contribution is -1.88. The number of nitriles is 1. The van der Waals surface area contributed by atoms with Crippen molar-refractivity contribution in [1.82, 2.24) is 23.2 Å². The number of imidazole rings is 4. The van der Waals surface area contributed by atoms with Gasteiger partial charge in [0.15, 0.2) is 0 Å². The van der Waals surface area contributed by atoms with Gasteiger partial charge in [0.1, 0.15) is 5.52 Å². The number of fused-ring (bicyclic) bond motifs is 10. The molecule has 8 rings (SSSR count). The minimum atomic E-state index is 0.654. The zero-order valence-electron chi connectivity index (χ0n) is 17.3. The van der Waals surface area contributed by atoms with E-state index in [1.54, 1.807) is 0 Å². The predicted octanol–water partition coefficient (Wildman–Crippen LogP) is 5.67. The maximum Gasteiger partial charge on any atom is 0.223 e. The fourth-order valence-corrected chi connectivity index (χ4v) is 5.17. The Labute approximate surface area is 186 Å². The summed E-state index contributed by atoms with van der Waals surface area (Å²) in [4.78, 5) is 9.97. The van der Waals surface area contributed by atoms with Crippen LogP contribution in [0, 0.1) is 11.3 Å². The Morgan fingerprint density at radius 1 is 0.576 bits per heavy atom. The summed E-state index contributed by atoms with van der Waals surface area (Å²) < 4.78 is 6.63. The number of para-hydroxylation sites is 4. The molecule has 0 aliphatic rings. The van der Waals surface area contributed by atoms with Gasteiger partial charge in [-0.25, -0.2) is 14.4 Å².